The van der Waals surface area contributed by atoms with Crippen LogP contribution in [0, 0.1) is 6.61 Å². The molecule has 0 saturated carbocycles. The van der Waals surface area contributed by atoms with Crippen molar-refractivity contribution in [1.29, 1.82) is 0 Å². The molecule has 1 aliphatic heterocycles. The van der Waals surface area contributed by atoms with Crippen molar-refractivity contribution < 1.29 is 4.74 Å². The van der Waals surface area contributed by atoms with Crippen molar-refractivity contribution >= 4 is 17.8 Å². The van der Waals surface area contributed by atoms with E-state index in [1.54, 1.807) is 0 Å². The number of aliphatic imine (C=N–C) groups is 1. The Kier molecular flexibility index (Phi) is 1.08. The van der Waals surface area contributed by atoms with Gasteiger partial charge in [0.1, 0.15) is 0 Å². The molecule has 1 rings (SSSR count). The van der Waals surface area contributed by atoms with Crippen LogP contribution >= 0.6 is 11.6 Å². The summed E-state index contributed by atoms with van der Waals surface area (Å²) in [6.45, 7) is 2.35. The largest absolute Gasteiger partial charge is 0.324 e. The van der Waals surface area contributed by atoms with Gasteiger partial charge in [0.05, 0.1) is 0 Å². The Hall–Kier alpha value is -0.0800. The maximum Gasteiger partial charge on any atom is 0.226 e. The minimum atomic E-state index is -0.523. The molecule has 0 bridgehead atoms. The molecule has 1 atom stereocenters. The van der Waals surface area contributed by atoms with Gasteiger partial charge in [-0.05, 0) is 0 Å². The first kappa shape index (κ1) is 4.09. The SMILES string of the molecule is ClC1N=C[C]O1. The molecule has 0 amide bonds. The molecule has 2 radical (unpaired) electrons. The summed E-state index contributed by atoms with van der Waals surface area (Å²) in [5.74, 6) is 0. The van der Waals surface area contributed by atoms with Crippen molar-refractivity contribution in [3.63, 3.8) is 0 Å². The molecule has 0 aromatic heterocycles. The molecule has 32 valence electrons. The van der Waals surface area contributed by atoms with Gasteiger partial charge in [0.25, 0.3) is 0 Å². The van der Waals surface area contributed by atoms with Gasteiger partial charge in [-0.3, -0.25) is 0 Å². The summed E-state index contributed by atoms with van der Waals surface area (Å²) in [4.78, 5) is 3.54. The molecule has 6 heavy (non-hydrogen) atoms. The minimum Gasteiger partial charge on any atom is -0.324 e. The second-order valence-corrected chi connectivity index (χ2v) is 1.18. The van der Waals surface area contributed by atoms with Crippen LogP contribution in [0.3, 0.4) is 0 Å². The van der Waals surface area contributed by atoms with E-state index in [9.17, 15) is 0 Å². The van der Waals surface area contributed by atoms with Crippen LogP contribution in [0.25, 0.3) is 0 Å². The van der Waals surface area contributed by atoms with Crippen molar-refractivity contribution in [2.75, 3.05) is 0 Å². The van der Waals surface area contributed by atoms with E-state index in [2.05, 4.69) is 16.3 Å². The van der Waals surface area contributed by atoms with Gasteiger partial charge in [0.2, 0.25) is 5.69 Å². The zero-order chi connectivity index (χ0) is 4.41. The monoisotopic (exact) mass is 103 g/mol. The van der Waals surface area contributed by atoms with Crippen LogP contribution < -0.4 is 0 Å². The molecule has 1 heterocycles. The second kappa shape index (κ2) is 1.58. The molecule has 0 N–H and O–H groups in total. The molecular formula is C3H2ClNO. The van der Waals surface area contributed by atoms with E-state index in [-0.39, 0.29) is 0 Å². The first-order valence-corrected chi connectivity index (χ1v) is 1.90. The number of nitrogens with zero attached hydrogens (tertiary/aromatic N) is 1. The number of alkyl halides is 1. The molecule has 0 spiro atoms. The number of ether oxygens (including phenoxy) is 1. The highest BCUT2D eigenvalue weighted by Gasteiger charge is 2.04. The van der Waals surface area contributed by atoms with Gasteiger partial charge in [-0.2, -0.15) is 0 Å². The Morgan fingerprint density at radius 3 is 3.00 bits per heavy atom. The number of hydrogen-bond acceptors (Lipinski definition) is 2. The summed E-state index contributed by atoms with van der Waals surface area (Å²) in [7, 11) is 0. The quantitative estimate of drug-likeness (QED) is 0.326. The lowest BCUT2D eigenvalue weighted by Crippen LogP contribution is -1.87. The van der Waals surface area contributed by atoms with Crippen LogP contribution in [0.15, 0.2) is 4.99 Å². The predicted molar refractivity (Wildman–Crippen MR) is 22.5 cm³/mol. The zero-order valence-electron chi connectivity index (χ0n) is 2.89. The fourth-order valence-corrected chi connectivity index (χ4v) is 0.314. The van der Waals surface area contributed by atoms with Gasteiger partial charge in [0.15, 0.2) is 6.61 Å². The molecule has 3 heteroatoms. The van der Waals surface area contributed by atoms with E-state index in [0.29, 0.717) is 0 Å². The Morgan fingerprint density at radius 1 is 2.00 bits per heavy atom. The fraction of sp³-hybridized carbons (Fsp3) is 0.333. The topological polar surface area (TPSA) is 21.6 Å². The van der Waals surface area contributed by atoms with Gasteiger partial charge in [-0.25, -0.2) is 4.99 Å². The average Bonchev–Trinajstić information content (AvgIpc) is 1.86. The predicted octanol–water partition coefficient (Wildman–Crippen LogP) is 0.649. The van der Waals surface area contributed by atoms with Gasteiger partial charge in [0, 0.05) is 6.21 Å². The van der Waals surface area contributed by atoms with Crippen molar-refractivity contribution in [3.05, 3.63) is 6.61 Å². The summed E-state index contributed by atoms with van der Waals surface area (Å²) < 4.78 is 4.45. The summed E-state index contributed by atoms with van der Waals surface area (Å²) in [5, 5.41) is 0. The van der Waals surface area contributed by atoms with E-state index >= 15 is 0 Å². The van der Waals surface area contributed by atoms with Gasteiger partial charge < -0.3 is 4.74 Å². The van der Waals surface area contributed by atoms with Gasteiger partial charge in [-0.15, -0.1) is 0 Å². The van der Waals surface area contributed by atoms with Crippen LogP contribution in [-0.2, 0) is 4.74 Å². The van der Waals surface area contributed by atoms with Crippen LogP contribution in [-0.4, -0.2) is 11.9 Å². The molecule has 1 aliphatic rings. The Morgan fingerprint density at radius 2 is 2.83 bits per heavy atom. The lowest BCUT2D eigenvalue weighted by Gasteiger charge is -1.88. The highest BCUT2D eigenvalue weighted by Crippen LogP contribution is 2.05. The molecule has 2 nitrogen and oxygen atoms in total. The summed E-state index contributed by atoms with van der Waals surface area (Å²) >= 11 is 5.23. The number of hydrogen-bond donors (Lipinski definition) is 0. The van der Waals surface area contributed by atoms with Gasteiger partial charge in [-0.1, -0.05) is 11.6 Å². The van der Waals surface area contributed by atoms with Crippen molar-refractivity contribution in [1.82, 2.24) is 0 Å². The maximum atomic E-state index is 5.23. The van der Waals surface area contributed by atoms with Crippen molar-refractivity contribution in [3.8, 4) is 0 Å². The van der Waals surface area contributed by atoms with Crippen molar-refractivity contribution in [2.45, 2.75) is 5.69 Å². The Labute approximate surface area is 40.8 Å². The van der Waals surface area contributed by atoms with Crippen molar-refractivity contribution in [2.24, 2.45) is 4.99 Å². The molecule has 0 saturated heterocycles. The minimum absolute atomic E-state index is 0.523. The fourth-order valence-electron chi connectivity index (χ4n) is 0.206. The number of rotatable bonds is 0. The second-order valence-electron chi connectivity index (χ2n) is 0.806. The first-order chi connectivity index (χ1) is 2.89. The van der Waals surface area contributed by atoms with E-state index < -0.39 is 5.69 Å². The van der Waals surface area contributed by atoms with E-state index in [4.69, 9.17) is 11.6 Å². The van der Waals surface area contributed by atoms with Crippen LogP contribution in [0.1, 0.15) is 0 Å². The lowest BCUT2D eigenvalue weighted by molar-refractivity contribution is 0.218. The molecule has 0 aromatic rings. The maximum absolute atomic E-state index is 5.23. The standard InChI is InChI=1S/C3H2ClNO/c4-3-5-1-2-6-3/h1,3H. The molecular weight excluding hydrogens is 101 g/mol. The smallest absolute Gasteiger partial charge is 0.226 e. The lowest BCUT2D eigenvalue weighted by atomic mass is 10.8. The van der Waals surface area contributed by atoms with E-state index in [0.717, 1.165) is 0 Å². The third-order valence-corrected chi connectivity index (χ3v) is 0.612. The molecule has 1 unspecified atom stereocenters. The zero-order valence-corrected chi connectivity index (χ0v) is 3.64. The van der Waals surface area contributed by atoms with Crippen LogP contribution in [0.5, 0.6) is 0 Å². The molecule has 0 aliphatic carbocycles. The third kappa shape index (κ3) is 0.698. The molecule has 0 aromatic carbocycles. The summed E-state index contributed by atoms with van der Waals surface area (Å²) in [5.41, 5.74) is -0.523. The van der Waals surface area contributed by atoms with Gasteiger partial charge >= 0.3 is 0 Å². The highest BCUT2D eigenvalue weighted by atomic mass is 35.5. The average molecular weight is 104 g/mol. The molecule has 0 fully saturated rings. The normalized spacial score (nSPS) is 31.8. The third-order valence-electron chi connectivity index (χ3n) is 0.410. The highest BCUT2D eigenvalue weighted by molar-refractivity contribution is 6.20. The van der Waals surface area contributed by atoms with E-state index in [1.807, 2.05) is 0 Å². The first-order valence-electron chi connectivity index (χ1n) is 1.46. The summed E-state index contributed by atoms with van der Waals surface area (Å²) in [6.07, 6.45) is 1.40. The number of halogens is 1. The van der Waals surface area contributed by atoms with Crippen LogP contribution in [0.4, 0.5) is 0 Å². The van der Waals surface area contributed by atoms with E-state index in [1.165, 1.54) is 6.21 Å². The Bertz CT molecular complexity index is 73.2. The summed E-state index contributed by atoms with van der Waals surface area (Å²) in [6, 6.07) is 0. The Balaban J connectivity index is 2.38. The van der Waals surface area contributed by atoms with Crippen LogP contribution in [0.2, 0.25) is 0 Å².